The number of fused-ring (bicyclic) bond motifs is 1. The first-order valence-corrected chi connectivity index (χ1v) is 18.0. The molecule has 2 amide bonds. The number of amides is 2. The average molecular weight is 682 g/mol. The third kappa shape index (κ3) is 10.5. The quantitative estimate of drug-likeness (QED) is 0.0973. The highest BCUT2D eigenvalue weighted by molar-refractivity contribution is 7.98. The zero-order valence-corrected chi connectivity index (χ0v) is 29.9. The van der Waals surface area contributed by atoms with Gasteiger partial charge in [0, 0.05) is 42.9 Å². The maximum Gasteiger partial charge on any atom is 0.328 e. The summed E-state index contributed by atoms with van der Waals surface area (Å²) in [5.74, 6) is -0.146. The highest BCUT2D eigenvalue weighted by Crippen LogP contribution is 2.26. The second-order valence-corrected chi connectivity index (χ2v) is 13.6. The number of hydrogen-bond donors (Lipinski definition) is 1. The van der Waals surface area contributed by atoms with E-state index < -0.39 is 12.0 Å². The van der Waals surface area contributed by atoms with Crippen molar-refractivity contribution in [3.8, 4) is 0 Å². The minimum absolute atomic E-state index is 0.00283. The van der Waals surface area contributed by atoms with Crippen LogP contribution in [0.25, 0.3) is 10.8 Å². The molecule has 8 nitrogen and oxygen atoms in total. The van der Waals surface area contributed by atoms with Crippen molar-refractivity contribution in [3.63, 3.8) is 0 Å². The van der Waals surface area contributed by atoms with E-state index in [0.29, 0.717) is 48.5 Å². The van der Waals surface area contributed by atoms with Crippen LogP contribution in [-0.2, 0) is 25.7 Å². The minimum atomic E-state index is -0.755. The van der Waals surface area contributed by atoms with Gasteiger partial charge in [0.2, 0.25) is 11.8 Å². The minimum Gasteiger partial charge on any atom is -0.467 e. The Hall–Kier alpha value is -4.47. The summed E-state index contributed by atoms with van der Waals surface area (Å²) in [5, 5.41) is 5.08. The zero-order chi connectivity index (χ0) is 35.3. The summed E-state index contributed by atoms with van der Waals surface area (Å²) >= 11 is 1.59. The Labute approximate surface area is 294 Å². The number of benzene rings is 4. The predicted octanol–water partition coefficient (Wildman–Crippen LogP) is 6.75. The molecule has 4 aromatic carbocycles. The summed E-state index contributed by atoms with van der Waals surface area (Å²) in [6, 6.07) is 29.5. The Bertz CT molecular complexity index is 1720. The lowest BCUT2D eigenvalue weighted by Crippen LogP contribution is -2.51. The lowest BCUT2D eigenvalue weighted by molar-refractivity contribution is -0.145. The van der Waals surface area contributed by atoms with Crippen LogP contribution in [0.15, 0.2) is 97.1 Å². The third-order valence-electron chi connectivity index (χ3n) is 8.41. The molecule has 0 unspecified atom stereocenters. The van der Waals surface area contributed by atoms with E-state index in [0.717, 1.165) is 16.3 Å². The van der Waals surface area contributed by atoms with Gasteiger partial charge in [-0.05, 0) is 59.2 Å². The first-order valence-electron chi connectivity index (χ1n) is 16.7. The Morgan fingerprint density at radius 2 is 1.53 bits per heavy atom. The highest BCUT2D eigenvalue weighted by Gasteiger charge is 2.29. The molecule has 0 saturated carbocycles. The largest absolute Gasteiger partial charge is 0.467 e. The number of carbonyl (C=O) groups is 4. The van der Waals surface area contributed by atoms with Crippen LogP contribution < -0.4 is 10.2 Å². The number of ketones is 1. The molecule has 4 rings (SSSR count). The second kappa shape index (κ2) is 18.3. The van der Waals surface area contributed by atoms with Gasteiger partial charge in [0.25, 0.3) is 0 Å². The number of carbonyl (C=O) groups excluding carboxylic acids is 4. The Morgan fingerprint density at radius 3 is 2.22 bits per heavy atom. The van der Waals surface area contributed by atoms with Crippen molar-refractivity contribution in [2.75, 3.05) is 37.1 Å². The van der Waals surface area contributed by atoms with Crippen LogP contribution in [0, 0.1) is 5.92 Å². The van der Waals surface area contributed by atoms with Crippen LogP contribution in [0.4, 0.5) is 5.69 Å². The zero-order valence-electron chi connectivity index (χ0n) is 29.1. The molecular weight excluding hydrogens is 635 g/mol. The number of methoxy groups -OCH3 is 1. The molecule has 2 atom stereocenters. The number of nitrogens with one attached hydrogen (secondary N) is 1. The van der Waals surface area contributed by atoms with Gasteiger partial charge in [0.1, 0.15) is 6.04 Å². The molecule has 0 aliphatic heterocycles. The molecule has 0 spiro atoms. The Morgan fingerprint density at radius 1 is 0.857 bits per heavy atom. The van der Waals surface area contributed by atoms with Gasteiger partial charge in [-0.3, -0.25) is 19.3 Å². The Balaban J connectivity index is 1.70. The molecular formula is C40H47N3O5S. The van der Waals surface area contributed by atoms with Crippen molar-refractivity contribution in [3.05, 3.63) is 114 Å². The average Bonchev–Trinajstić information content (AvgIpc) is 3.09. The molecule has 49 heavy (non-hydrogen) atoms. The second-order valence-electron chi connectivity index (χ2n) is 12.7. The summed E-state index contributed by atoms with van der Waals surface area (Å²) in [6.45, 7) is 6.56. The molecule has 4 aromatic rings. The van der Waals surface area contributed by atoms with Gasteiger partial charge in [0.15, 0.2) is 5.78 Å². The van der Waals surface area contributed by atoms with E-state index in [1.165, 1.54) is 14.0 Å². The number of ether oxygens (including phenoxy) is 1. The first kappa shape index (κ1) is 37.4. The van der Waals surface area contributed by atoms with Gasteiger partial charge >= 0.3 is 5.97 Å². The summed E-state index contributed by atoms with van der Waals surface area (Å²) in [4.78, 5) is 56.9. The molecule has 258 valence electrons. The lowest BCUT2D eigenvalue weighted by Gasteiger charge is -2.36. The monoisotopic (exact) mass is 681 g/mol. The van der Waals surface area contributed by atoms with E-state index in [1.54, 1.807) is 47.0 Å². The van der Waals surface area contributed by atoms with Gasteiger partial charge in [-0.25, -0.2) is 4.79 Å². The van der Waals surface area contributed by atoms with E-state index >= 15 is 0 Å². The predicted molar refractivity (Wildman–Crippen MR) is 199 cm³/mol. The van der Waals surface area contributed by atoms with Gasteiger partial charge in [-0.15, -0.1) is 0 Å². The molecule has 0 radical (unpaired) electrons. The molecule has 0 aromatic heterocycles. The molecule has 0 aliphatic rings. The highest BCUT2D eigenvalue weighted by atomic mass is 32.2. The van der Waals surface area contributed by atoms with Crippen LogP contribution >= 0.6 is 11.8 Å². The summed E-state index contributed by atoms with van der Waals surface area (Å²) in [7, 11) is 1.32. The molecule has 0 heterocycles. The lowest BCUT2D eigenvalue weighted by atomic mass is 9.98. The van der Waals surface area contributed by atoms with Crippen LogP contribution in [0.3, 0.4) is 0 Å². The van der Waals surface area contributed by atoms with Crippen molar-refractivity contribution < 1.29 is 23.9 Å². The third-order valence-corrected chi connectivity index (χ3v) is 9.06. The van der Waals surface area contributed by atoms with Crippen LogP contribution in [0.2, 0.25) is 0 Å². The molecule has 0 saturated heterocycles. The SMILES string of the molecule is COC(=O)[C@H](CCSC)NC(=O)CN(Cc1cccc2ccccc12)C[C@H](CC(C)C)N(C(C)=O)c1cccc(C(=O)c2ccccc2)c1. The van der Waals surface area contributed by atoms with Crippen LogP contribution in [0.5, 0.6) is 0 Å². The van der Waals surface area contributed by atoms with Crippen molar-refractivity contribution in [2.24, 2.45) is 5.92 Å². The van der Waals surface area contributed by atoms with Gasteiger partial charge < -0.3 is 15.0 Å². The van der Waals surface area contributed by atoms with Gasteiger partial charge in [-0.1, -0.05) is 98.8 Å². The van der Waals surface area contributed by atoms with Crippen LogP contribution in [0.1, 0.15) is 55.1 Å². The topological polar surface area (TPSA) is 96.0 Å². The van der Waals surface area contributed by atoms with Crippen molar-refractivity contribution in [1.29, 1.82) is 0 Å². The number of esters is 1. The fraction of sp³-hybridized carbons (Fsp3) is 0.350. The maximum atomic E-state index is 13.6. The summed E-state index contributed by atoms with van der Waals surface area (Å²) < 4.78 is 4.98. The van der Waals surface area contributed by atoms with Gasteiger partial charge in [0.05, 0.1) is 13.7 Å². The normalized spacial score (nSPS) is 12.5. The number of nitrogens with zero attached hydrogens (tertiary/aromatic N) is 2. The standard InChI is InChI=1S/C40H47N3O5S/c1-28(2)23-35(43(29(3)44)34-19-12-17-32(24-34)39(46)31-14-7-6-8-15-31)26-42(25-33-18-11-16-30-13-9-10-20-36(30)33)27-38(45)41-37(21-22-49-5)40(47)48-4/h6-20,24,28,35,37H,21-23,25-27H2,1-5H3,(H,41,45)/t35-,37-/m0/s1. The maximum absolute atomic E-state index is 13.6. The van der Waals surface area contributed by atoms with Crippen LogP contribution in [-0.4, -0.2) is 72.8 Å². The van der Waals surface area contributed by atoms with Gasteiger partial charge in [-0.2, -0.15) is 11.8 Å². The van der Waals surface area contributed by atoms with E-state index in [1.807, 2.05) is 53.6 Å². The molecule has 9 heteroatoms. The molecule has 0 bridgehead atoms. The smallest absolute Gasteiger partial charge is 0.328 e. The van der Waals surface area contributed by atoms with E-state index in [4.69, 9.17) is 4.74 Å². The molecule has 1 N–H and O–H groups in total. The summed E-state index contributed by atoms with van der Waals surface area (Å²) in [6.07, 6.45) is 3.06. The summed E-state index contributed by atoms with van der Waals surface area (Å²) in [5.41, 5.74) is 2.73. The van der Waals surface area contributed by atoms with Crippen molar-refractivity contribution in [1.82, 2.24) is 10.2 Å². The number of hydrogen-bond acceptors (Lipinski definition) is 7. The number of thioether (sulfide) groups is 1. The van der Waals surface area contributed by atoms with E-state index in [2.05, 4.69) is 43.4 Å². The molecule has 0 aliphatic carbocycles. The van der Waals surface area contributed by atoms with E-state index in [9.17, 15) is 19.2 Å². The Kier molecular flexibility index (Phi) is 14.0. The van der Waals surface area contributed by atoms with E-state index in [-0.39, 0.29) is 36.1 Å². The fourth-order valence-corrected chi connectivity index (χ4v) is 6.70. The van der Waals surface area contributed by atoms with Crippen molar-refractivity contribution in [2.45, 2.75) is 52.2 Å². The first-order chi connectivity index (χ1) is 23.6. The molecule has 0 fully saturated rings. The fourth-order valence-electron chi connectivity index (χ4n) is 6.23. The number of anilines is 1. The van der Waals surface area contributed by atoms with Crippen molar-refractivity contribution >= 4 is 51.8 Å². The number of rotatable bonds is 17.